The van der Waals surface area contributed by atoms with Gasteiger partial charge in [0.05, 0.1) is 5.69 Å². The minimum absolute atomic E-state index is 0.404. The van der Waals surface area contributed by atoms with Crippen LogP contribution >= 0.6 is 15.9 Å². The fourth-order valence-corrected chi connectivity index (χ4v) is 4.01. The molecule has 1 atom stereocenters. The lowest BCUT2D eigenvalue weighted by Crippen LogP contribution is -2.35. The molecule has 1 unspecified atom stereocenters. The van der Waals surface area contributed by atoms with Crippen LogP contribution in [0.5, 0.6) is 0 Å². The van der Waals surface area contributed by atoms with Crippen LogP contribution in [0.3, 0.4) is 0 Å². The molecule has 1 N–H and O–H groups in total. The first-order chi connectivity index (χ1) is 10.0. The van der Waals surface area contributed by atoms with Crippen molar-refractivity contribution in [1.29, 1.82) is 0 Å². The molecule has 0 bridgehead atoms. The van der Waals surface area contributed by atoms with E-state index in [-0.39, 0.29) is 0 Å². The molecule has 21 heavy (non-hydrogen) atoms. The van der Waals surface area contributed by atoms with Crippen LogP contribution in [-0.2, 0) is 0 Å². The molecular formula is C18H29BrN2. The molecule has 118 valence electrons. The van der Waals surface area contributed by atoms with Gasteiger partial charge in [0.1, 0.15) is 0 Å². The molecule has 0 saturated heterocycles. The van der Waals surface area contributed by atoms with Crippen LogP contribution in [0.1, 0.15) is 58.1 Å². The van der Waals surface area contributed by atoms with E-state index >= 15 is 0 Å². The standard InChI is InChI=1S/C18H29BrN2/c1-5-20-14(3)15-8-11-18(17(19)12-15)21(4)16-9-6-13(2)7-10-16/h8,11-14,16,20H,5-7,9-10H2,1-4H3. The number of hydrogen-bond donors (Lipinski definition) is 1. The number of nitrogens with one attached hydrogen (secondary N) is 1. The molecule has 0 amide bonds. The van der Waals surface area contributed by atoms with E-state index in [1.165, 1.54) is 41.4 Å². The van der Waals surface area contributed by atoms with Crippen molar-refractivity contribution >= 4 is 21.6 Å². The molecule has 2 nitrogen and oxygen atoms in total. The van der Waals surface area contributed by atoms with E-state index in [0.717, 1.165) is 12.5 Å². The van der Waals surface area contributed by atoms with Gasteiger partial charge in [0.15, 0.2) is 0 Å². The molecule has 0 aliphatic heterocycles. The summed E-state index contributed by atoms with van der Waals surface area (Å²) in [4.78, 5) is 2.47. The lowest BCUT2D eigenvalue weighted by atomic mass is 9.86. The third-order valence-corrected chi connectivity index (χ3v) is 5.53. The van der Waals surface area contributed by atoms with E-state index < -0.39 is 0 Å². The zero-order valence-electron chi connectivity index (χ0n) is 13.8. The second kappa shape index (κ2) is 7.64. The van der Waals surface area contributed by atoms with Gasteiger partial charge in [-0.1, -0.05) is 19.9 Å². The van der Waals surface area contributed by atoms with E-state index in [2.05, 4.69) is 72.2 Å². The molecule has 1 saturated carbocycles. The number of anilines is 1. The predicted octanol–water partition coefficient (Wildman–Crippen LogP) is 5.13. The smallest absolute Gasteiger partial charge is 0.0510 e. The molecular weight excluding hydrogens is 324 g/mol. The molecule has 1 aliphatic carbocycles. The summed E-state index contributed by atoms with van der Waals surface area (Å²) in [7, 11) is 2.24. The average molecular weight is 353 g/mol. The van der Waals surface area contributed by atoms with Crippen molar-refractivity contribution in [3.63, 3.8) is 0 Å². The topological polar surface area (TPSA) is 15.3 Å². The summed E-state index contributed by atoms with van der Waals surface area (Å²) in [6.07, 6.45) is 5.36. The van der Waals surface area contributed by atoms with Gasteiger partial charge in [-0.15, -0.1) is 0 Å². The van der Waals surface area contributed by atoms with E-state index in [0.29, 0.717) is 12.1 Å². The molecule has 1 aromatic carbocycles. The molecule has 1 fully saturated rings. The monoisotopic (exact) mass is 352 g/mol. The Labute approximate surface area is 138 Å². The van der Waals surface area contributed by atoms with Gasteiger partial charge < -0.3 is 10.2 Å². The SMILES string of the molecule is CCNC(C)c1ccc(N(C)C2CCC(C)CC2)c(Br)c1. The van der Waals surface area contributed by atoms with Crippen molar-refractivity contribution in [3.8, 4) is 0 Å². The second-order valence-corrected chi connectivity index (χ2v) is 7.37. The maximum Gasteiger partial charge on any atom is 0.0510 e. The van der Waals surface area contributed by atoms with Crippen LogP contribution in [0.15, 0.2) is 22.7 Å². The Morgan fingerprint density at radius 3 is 2.52 bits per heavy atom. The maximum atomic E-state index is 3.78. The van der Waals surface area contributed by atoms with Gasteiger partial charge in [0.2, 0.25) is 0 Å². The van der Waals surface area contributed by atoms with Gasteiger partial charge in [0, 0.05) is 23.6 Å². The molecule has 3 heteroatoms. The van der Waals surface area contributed by atoms with Crippen molar-refractivity contribution in [1.82, 2.24) is 5.32 Å². The zero-order chi connectivity index (χ0) is 15.4. The summed E-state index contributed by atoms with van der Waals surface area (Å²) in [5.74, 6) is 0.904. The summed E-state index contributed by atoms with van der Waals surface area (Å²) in [6.45, 7) is 7.75. The van der Waals surface area contributed by atoms with Gasteiger partial charge in [0.25, 0.3) is 0 Å². The Kier molecular flexibility index (Phi) is 6.12. The molecule has 1 aliphatic rings. The van der Waals surface area contributed by atoms with Crippen LogP contribution in [0, 0.1) is 5.92 Å². The Bertz CT molecular complexity index is 453. The molecule has 0 aromatic heterocycles. The summed E-state index contributed by atoms with van der Waals surface area (Å²) in [6, 6.07) is 7.89. The first-order valence-corrected chi connectivity index (χ1v) is 9.07. The zero-order valence-corrected chi connectivity index (χ0v) is 15.4. The Morgan fingerprint density at radius 1 is 1.29 bits per heavy atom. The van der Waals surface area contributed by atoms with Gasteiger partial charge in [-0.05, 0) is 78.7 Å². The summed E-state index contributed by atoms with van der Waals surface area (Å²) < 4.78 is 1.21. The fraction of sp³-hybridized carbons (Fsp3) is 0.667. The van der Waals surface area contributed by atoms with Gasteiger partial charge in [-0.3, -0.25) is 0 Å². The quantitative estimate of drug-likeness (QED) is 0.789. The Balaban J connectivity index is 2.09. The van der Waals surface area contributed by atoms with Crippen LogP contribution in [0.25, 0.3) is 0 Å². The first kappa shape index (κ1) is 16.8. The predicted molar refractivity (Wildman–Crippen MR) is 96.1 cm³/mol. The number of benzene rings is 1. The highest BCUT2D eigenvalue weighted by Crippen LogP contribution is 2.34. The van der Waals surface area contributed by atoms with Gasteiger partial charge in [-0.2, -0.15) is 0 Å². The number of halogens is 1. The largest absolute Gasteiger partial charge is 0.371 e. The fourth-order valence-electron chi connectivity index (χ4n) is 3.33. The van der Waals surface area contributed by atoms with E-state index in [9.17, 15) is 0 Å². The van der Waals surface area contributed by atoms with Gasteiger partial charge >= 0.3 is 0 Å². The number of nitrogens with zero attached hydrogens (tertiary/aromatic N) is 1. The highest BCUT2D eigenvalue weighted by atomic mass is 79.9. The van der Waals surface area contributed by atoms with Crippen LogP contribution in [0.2, 0.25) is 0 Å². The third kappa shape index (κ3) is 4.23. The molecule has 2 rings (SSSR count). The minimum Gasteiger partial charge on any atom is -0.371 e. The highest BCUT2D eigenvalue weighted by molar-refractivity contribution is 9.10. The molecule has 1 aromatic rings. The van der Waals surface area contributed by atoms with E-state index in [1.807, 2.05) is 0 Å². The number of hydrogen-bond acceptors (Lipinski definition) is 2. The lowest BCUT2D eigenvalue weighted by Gasteiger charge is -2.35. The van der Waals surface area contributed by atoms with Crippen LogP contribution < -0.4 is 10.2 Å². The average Bonchev–Trinajstić information content (AvgIpc) is 2.47. The lowest BCUT2D eigenvalue weighted by molar-refractivity contribution is 0.340. The second-order valence-electron chi connectivity index (χ2n) is 6.51. The highest BCUT2D eigenvalue weighted by Gasteiger charge is 2.23. The molecule has 0 radical (unpaired) electrons. The van der Waals surface area contributed by atoms with Crippen LogP contribution in [-0.4, -0.2) is 19.6 Å². The van der Waals surface area contributed by atoms with Crippen molar-refractivity contribution < 1.29 is 0 Å². The van der Waals surface area contributed by atoms with Crippen molar-refractivity contribution in [3.05, 3.63) is 28.2 Å². The summed E-state index contributed by atoms with van der Waals surface area (Å²) >= 11 is 3.78. The Morgan fingerprint density at radius 2 is 1.95 bits per heavy atom. The van der Waals surface area contributed by atoms with Crippen molar-refractivity contribution in [2.45, 2.75) is 58.5 Å². The van der Waals surface area contributed by atoms with Crippen molar-refractivity contribution in [2.24, 2.45) is 5.92 Å². The molecule has 0 heterocycles. The van der Waals surface area contributed by atoms with Crippen LogP contribution in [0.4, 0.5) is 5.69 Å². The normalized spacial score (nSPS) is 23.9. The van der Waals surface area contributed by atoms with E-state index in [4.69, 9.17) is 0 Å². The summed E-state index contributed by atoms with van der Waals surface area (Å²) in [5.41, 5.74) is 2.67. The van der Waals surface area contributed by atoms with Gasteiger partial charge in [-0.25, -0.2) is 0 Å². The Hall–Kier alpha value is -0.540. The maximum absolute atomic E-state index is 3.78. The number of rotatable bonds is 5. The minimum atomic E-state index is 0.404. The third-order valence-electron chi connectivity index (χ3n) is 4.90. The van der Waals surface area contributed by atoms with E-state index in [1.54, 1.807) is 0 Å². The first-order valence-electron chi connectivity index (χ1n) is 8.28. The molecule has 0 spiro atoms. The summed E-state index contributed by atoms with van der Waals surface area (Å²) in [5, 5.41) is 3.47. The van der Waals surface area contributed by atoms with Crippen molar-refractivity contribution in [2.75, 3.05) is 18.5 Å².